The number of likely N-dealkylation sites (tertiary alicyclic amines) is 1. The smallest absolute Gasteiger partial charge is 0.310 e. The van der Waals surface area contributed by atoms with E-state index in [4.69, 9.17) is 14.7 Å². The number of nitrogens with one attached hydrogen (secondary N) is 1. The molecule has 0 bridgehead atoms. The van der Waals surface area contributed by atoms with E-state index in [0.29, 0.717) is 19.7 Å². The maximum Gasteiger partial charge on any atom is 0.310 e. The van der Waals surface area contributed by atoms with Crippen molar-refractivity contribution in [1.29, 1.82) is 0 Å². The van der Waals surface area contributed by atoms with Crippen LogP contribution in [0.3, 0.4) is 0 Å². The lowest BCUT2D eigenvalue weighted by Gasteiger charge is -2.34. The minimum absolute atomic E-state index is 0. The Morgan fingerprint density at radius 2 is 2.19 bits per heavy atom. The topological polar surface area (TPSA) is 66.8 Å². The number of guanidine groups is 1. The first-order valence-electron chi connectivity index (χ1n) is 9.50. The number of carbonyl (C=O) groups excluding carboxylic acids is 1. The summed E-state index contributed by atoms with van der Waals surface area (Å²) in [6, 6.07) is 0. The Kier molecular flexibility index (Phi) is 10.0. The standard InChI is InChI=1S/C19H32N4O2S.HI/c1-6-20-18(21-11-15-13-26-17(22-15)19(3,4)5)23-10-8-9-14(12-23)16(24)25-7-2;/h13-14H,6-12H2,1-5H3,(H,20,21);1H. The zero-order valence-corrected chi connectivity index (χ0v) is 20.2. The molecule has 2 heterocycles. The molecule has 6 nitrogen and oxygen atoms in total. The number of carbonyl (C=O) groups is 1. The summed E-state index contributed by atoms with van der Waals surface area (Å²) in [6.07, 6.45) is 1.86. The number of halogens is 1. The lowest BCUT2D eigenvalue weighted by atomic mass is 9.98. The van der Waals surface area contributed by atoms with E-state index in [-0.39, 0.29) is 41.3 Å². The van der Waals surface area contributed by atoms with Crippen LogP contribution in [-0.4, -0.2) is 48.1 Å². The SMILES string of the molecule is CCNC(=NCc1csc(C(C)(C)C)n1)N1CCCC(C(=O)OCC)C1.I. The largest absolute Gasteiger partial charge is 0.466 e. The molecule has 1 unspecified atom stereocenters. The van der Waals surface area contributed by atoms with E-state index in [2.05, 4.69) is 43.3 Å². The van der Waals surface area contributed by atoms with Crippen molar-refractivity contribution in [2.45, 2.75) is 59.4 Å². The lowest BCUT2D eigenvalue weighted by molar-refractivity contribution is -0.149. The molecular weight excluding hydrogens is 475 g/mol. The average molecular weight is 508 g/mol. The van der Waals surface area contributed by atoms with E-state index in [9.17, 15) is 4.79 Å². The average Bonchev–Trinajstić information content (AvgIpc) is 3.08. The number of thiazole rings is 1. The highest BCUT2D eigenvalue weighted by atomic mass is 127. The van der Waals surface area contributed by atoms with Gasteiger partial charge in [0.15, 0.2) is 5.96 Å². The third kappa shape index (κ3) is 7.21. The van der Waals surface area contributed by atoms with E-state index in [0.717, 1.165) is 42.6 Å². The van der Waals surface area contributed by atoms with Crippen molar-refractivity contribution in [3.05, 3.63) is 16.1 Å². The maximum atomic E-state index is 12.1. The van der Waals surface area contributed by atoms with E-state index in [1.165, 1.54) is 0 Å². The summed E-state index contributed by atoms with van der Waals surface area (Å²) in [4.78, 5) is 23.7. The molecule has 0 saturated carbocycles. The quantitative estimate of drug-likeness (QED) is 0.284. The van der Waals surface area contributed by atoms with Crippen LogP contribution < -0.4 is 5.32 Å². The van der Waals surface area contributed by atoms with Crippen LogP contribution in [0.4, 0.5) is 0 Å². The second kappa shape index (κ2) is 11.2. The van der Waals surface area contributed by atoms with Crippen molar-refractivity contribution in [3.63, 3.8) is 0 Å². The fourth-order valence-electron chi connectivity index (χ4n) is 2.93. The zero-order chi connectivity index (χ0) is 19.2. The summed E-state index contributed by atoms with van der Waals surface area (Å²) in [7, 11) is 0. The molecule has 0 radical (unpaired) electrons. The van der Waals surface area contributed by atoms with E-state index >= 15 is 0 Å². The van der Waals surface area contributed by atoms with Crippen LogP contribution in [0.5, 0.6) is 0 Å². The molecular formula is C19H33IN4O2S. The third-order valence-electron chi connectivity index (χ3n) is 4.26. The molecule has 1 saturated heterocycles. The molecule has 27 heavy (non-hydrogen) atoms. The summed E-state index contributed by atoms with van der Waals surface area (Å²) < 4.78 is 5.20. The predicted molar refractivity (Wildman–Crippen MR) is 122 cm³/mol. The van der Waals surface area contributed by atoms with Gasteiger partial charge in [-0.05, 0) is 26.7 Å². The fraction of sp³-hybridized carbons (Fsp3) is 0.737. The van der Waals surface area contributed by atoms with Gasteiger partial charge < -0.3 is 15.0 Å². The van der Waals surface area contributed by atoms with Crippen LogP contribution in [-0.2, 0) is 21.5 Å². The molecule has 0 aromatic carbocycles. The van der Waals surface area contributed by atoms with E-state index in [1.54, 1.807) is 11.3 Å². The number of piperidine rings is 1. The third-order valence-corrected chi connectivity index (χ3v) is 5.58. The Morgan fingerprint density at radius 1 is 1.44 bits per heavy atom. The monoisotopic (exact) mass is 508 g/mol. The molecule has 0 aliphatic carbocycles. The van der Waals surface area contributed by atoms with Gasteiger partial charge in [-0.3, -0.25) is 4.79 Å². The molecule has 1 aliphatic heterocycles. The minimum atomic E-state index is -0.0950. The number of nitrogens with zero attached hydrogens (tertiary/aromatic N) is 3. The number of aromatic nitrogens is 1. The van der Waals surface area contributed by atoms with Gasteiger partial charge in [-0.15, -0.1) is 35.3 Å². The molecule has 154 valence electrons. The predicted octanol–water partition coefficient (Wildman–Crippen LogP) is 3.80. The van der Waals surface area contributed by atoms with Crippen LogP contribution >= 0.6 is 35.3 Å². The summed E-state index contributed by atoms with van der Waals surface area (Å²) in [5.41, 5.74) is 1.06. The van der Waals surface area contributed by atoms with E-state index < -0.39 is 0 Å². The van der Waals surface area contributed by atoms with Crippen molar-refractivity contribution < 1.29 is 9.53 Å². The highest BCUT2D eigenvalue weighted by Crippen LogP contribution is 2.26. The second-order valence-corrected chi connectivity index (χ2v) is 8.46. The second-order valence-electron chi connectivity index (χ2n) is 7.60. The fourth-order valence-corrected chi connectivity index (χ4v) is 3.83. The van der Waals surface area contributed by atoms with Gasteiger partial charge in [0.05, 0.1) is 29.8 Å². The van der Waals surface area contributed by atoms with Crippen LogP contribution in [0.15, 0.2) is 10.4 Å². The molecule has 1 aromatic heterocycles. The van der Waals surface area contributed by atoms with Crippen molar-refractivity contribution in [3.8, 4) is 0 Å². The summed E-state index contributed by atoms with van der Waals surface area (Å²) in [6.45, 7) is 13.8. The molecule has 1 atom stereocenters. The molecule has 8 heteroatoms. The number of hydrogen-bond donors (Lipinski definition) is 1. The summed E-state index contributed by atoms with van der Waals surface area (Å²) in [5, 5.41) is 6.57. The van der Waals surface area contributed by atoms with Crippen LogP contribution in [0.2, 0.25) is 0 Å². The first kappa shape index (κ1) is 24.1. The summed E-state index contributed by atoms with van der Waals surface area (Å²) in [5.74, 6) is 0.688. The van der Waals surface area contributed by atoms with Gasteiger partial charge in [0.1, 0.15) is 0 Å². The highest BCUT2D eigenvalue weighted by Gasteiger charge is 2.28. The number of hydrogen-bond acceptors (Lipinski definition) is 5. The van der Waals surface area contributed by atoms with Gasteiger partial charge in [0.2, 0.25) is 0 Å². The van der Waals surface area contributed by atoms with Gasteiger partial charge in [0.25, 0.3) is 0 Å². The summed E-state index contributed by atoms with van der Waals surface area (Å²) >= 11 is 1.69. The minimum Gasteiger partial charge on any atom is -0.466 e. The Hall–Kier alpha value is -0.900. The zero-order valence-electron chi connectivity index (χ0n) is 17.1. The maximum absolute atomic E-state index is 12.1. The molecule has 1 fully saturated rings. The first-order valence-corrected chi connectivity index (χ1v) is 10.4. The van der Waals surface area contributed by atoms with Gasteiger partial charge in [-0.1, -0.05) is 20.8 Å². The van der Waals surface area contributed by atoms with Crippen molar-refractivity contribution in [1.82, 2.24) is 15.2 Å². The Balaban J connectivity index is 0.00000364. The molecule has 1 aromatic rings. The van der Waals surface area contributed by atoms with Crippen molar-refractivity contribution in [2.24, 2.45) is 10.9 Å². The highest BCUT2D eigenvalue weighted by molar-refractivity contribution is 14.0. The Morgan fingerprint density at radius 3 is 2.78 bits per heavy atom. The van der Waals surface area contributed by atoms with Crippen molar-refractivity contribution in [2.75, 3.05) is 26.2 Å². The first-order chi connectivity index (χ1) is 12.3. The normalized spacial score (nSPS) is 18.0. The number of rotatable bonds is 5. The molecule has 1 N–H and O–H groups in total. The van der Waals surface area contributed by atoms with Crippen LogP contribution in [0.25, 0.3) is 0 Å². The Bertz CT molecular complexity index is 627. The van der Waals surface area contributed by atoms with Gasteiger partial charge >= 0.3 is 5.97 Å². The molecule has 0 spiro atoms. The van der Waals surface area contributed by atoms with Gasteiger partial charge in [-0.25, -0.2) is 9.98 Å². The Labute approximate surface area is 184 Å². The number of aliphatic imine (C=N–C) groups is 1. The molecule has 0 amide bonds. The van der Waals surface area contributed by atoms with Crippen molar-refractivity contribution >= 4 is 47.2 Å². The van der Waals surface area contributed by atoms with Crippen LogP contribution in [0, 0.1) is 5.92 Å². The van der Waals surface area contributed by atoms with Gasteiger partial charge in [0, 0.05) is 30.4 Å². The molecule has 1 aliphatic rings. The molecule has 2 rings (SSSR count). The van der Waals surface area contributed by atoms with E-state index in [1.807, 2.05) is 6.92 Å². The lowest BCUT2D eigenvalue weighted by Crippen LogP contribution is -2.48. The number of esters is 1. The van der Waals surface area contributed by atoms with Crippen LogP contribution in [0.1, 0.15) is 58.2 Å². The number of ether oxygens (including phenoxy) is 1. The van der Waals surface area contributed by atoms with Gasteiger partial charge in [-0.2, -0.15) is 0 Å².